The summed E-state index contributed by atoms with van der Waals surface area (Å²) >= 11 is 0. The maximum absolute atomic E-state index is 12.5. The number of aromatic nitrogens is 1. The quantitative estimate of drug-likeness (QED) is 0.663. The van der Waals surface area contributed by atoms with Gasteiger partial charge in [0.2, 0.25) is 5.91 Å². The molecular formula is C22H25N3O. The summed E-state index contributed by atoms with van der Waals surface area (Å²) in [5.41, 5.74) is 4.95. The predicted octanol–water partition coefficient (Wildman–Crippen LogP) is 3.28. The lowest BCUT2D eigenvalue weighted by atomic mass is 9.84. The molecule has 134 valence electrons. The van der Waals surface area contributed by atoms with Gasteiger partial charge in [-0.25, -0.2) is 0 Å². The lowest BCUT2D eigenvalue weighted by molar-refractivity contribution is -0.124. The molecule has 0 bridgehead atoms. The Morgan fingerprint density at radius 1 is 1.12 bits per heavy atom. The summed E-state index contributed by atoms with van der Waals surface area (Å²) in [4.78, 5) is 15.8. The maximum atomic E-state index is 12.5. The molecule has 4 nitrogen and oxygen atoms in total. The second-order valence-corrected chi connectivity index (χ2v) is 7.14. The average molecular weight is 347 g/mol. The number of carbonyl (C=O) groups excluding carboxylic acids is 1. The number of fused-ring (bicyclic) bond motifs is 1. The first kappa shape index (κ1) is 16.9. The normalized spacial score (nSPS) is 18.7. The number of piperazine rings is 1. The van der Waals surface area contributed by atoms with E-state index >= 15 is 0 Å². The molecule has 0 radical (unpaired) electrons. The Hall–Kier alpha value is -2.59. The zero-order valence-electron chi connectivity index (χ0n) is 15.1. The molecule has 1 saturated heterocycles. The molecule has 1 aliphatic rings. The highest BCUT2D eigenvalue weighted by Crippen LogP contribution is 2.29. The zero-order valence-corrected chi connectivity index (χ0v) is 15.1. The molecule has 3 aromatic rings. The molecular weight excluding hydrogens is 322 g/mol. The van der Waals surface area contributed by atoms with Gasteiger partial charge in [-0.15, -0.1) is 0 Å². The van der Waals surface area contributed by atoms with E-state index in [1.807, 2.05) is 0 Å². The molecule has 1 fully saturated rings. The highest BCUT2D eigenvalue weighted by molar-refractivity contribution is 5.84. The Bertz CT molecular complexity index is 914. The van der Waals surface area contributed by atoms with Crippen LogP contribution in [-0.2, 0) is 11.2 Å². The Balaban J connectivity index is 1.61. The third-order valence-corrected chi connectivity index (χ3v) is 5.34. The molecule has 2 aromatic carbocycles. The van der Waals surface area contributed by atoms with E-state index in [1.165, 1.54) is 27.6 Å². The number of para-hydroxylation sites is 1. The van der Waals surface area contributed by atoms with E-state index in [0.717, 1.165) is 19.4 Å². The van der Waals surface area contributed by atoms with Crippen molar-refractivity contribution in [1.29, 1.82) is 0 Å². The van der Waals surface area contributed by atoms with Gasteiger partial charge in [-0.1, -0.05) is 48.0 Å². The van der Waals surface area contributed by atoms with Crippen LogP contribution < -0.4 is 10.6 Å². The van der Waals surface area contributed by atoms with Gasteiger partial charge in [-0.2, -0.15) is 0 Å². The van der Waals surface area contributed by atoms with Gasteiger partial charge in [0.05, 0.1) is 6.04 Å². The lowest BCUT2D eigenvalue weighted by Gasteiger charge is -2.31. The molecule has 1 aliphatic heterocycles. The number of hydrogen-bond acceptors (Lipinski definition) is 2. The number of nitrogens with one attached hydrogen (secondary N) is 3. The van der Waals surface area contributed by atoms with E-state index in [9.17, 15) is 4.79 Å². The Morgan fingerprint density at radius 3 is 2.85 bits per heavy atom. The van der Waals surface area contributed by atoms with Gasteiger partial charge in [0.25, 0.3) is 0 Å². The van der Waals surface area contributed by atoms with Gasteiger partial charge in [0.15, 0.2) is 0 Å². The summed E-state index contributed by atoms with van der Waals surface area (Å²) in [6.07, 6.45) is 3.97. The first-order valence-electron chi connectivity index (χ1n) is 9.35. The van der Waals surface area contributed by atoms with Crippen LogP contribution in [0.2, 0.25) is 0 Å². The number of rotatable bonds is 5. The van der Waals surface area contributed by atoms with Crippen LogP contribution in [0, 0.1) is 6.92 Å². The summed E-state index contributed by atoms with van der Waals surface area (Å²) < 4.78 is 0. The number of hydrogen-bond donors (Lipinski definition) is 3. The third kappa shape index (κ3) is 3.37. The first-order valence-corrected chi connectivity index (χ1v) is 9.35. The molecule has 3 N–H and O–H groups in total. The highest BCUT2D eigenvalue weighted by Gasteiger charge is 2.31. The van der Waals surface area contributed by atoms with Crippen LogP contribution in [0.25, 0.3) is 10.9 Å². The van der Waals surface area contributed by atoms with Gasteiger partial charge < -0.3 is 15.6 Å². The van der Waals surface area contributed by atoms with Crippen molar-refractivity contribution in [2.45, 2.75) is 31.7 Å². The number of benzene rings is 2. The van der Waals surface area contributed by atoms with Gasteiger partial charge >= 0.3 is 0 Å². The van der Waals surface area contributed by atoms with Gasteiger partial charge in [-0.3, -0.25) is 4.79 Å². The maximum Gasteiger partial charge on any atom is 0.237 e. The highest BCUT2D eigenvalue weighted by atomic mass is 16.2. The minimum Gasteiger partial charge on any atom is -0.361 e. The third-order valence-electron chi connectivity index (χ3n) is 5.34. The molecule has 1 unspecified atom stereocenters. The monoisotopic (exact) mass is 347 g/mol. The molecule has 0 aliphatic carbocycles. The summed E-state index contributed by atoms with van der Waals surface area (Å²) in [7, 11) is 0. The van der Waals surface area contributed by atoms with Crippen molar-refractivity contribution in [1.82, 2.24) is 15.6 Å². The molecule has 2 heterocycles. The van der Waals surface area contributed by atoms with E-state index in [1.54, 1.807) is 0 Å². The van der Waals surface area contributed by atoms with E-state index in [0.29, 0.717) is 6.54 Å². The van der Waals surface area contributed by atoms with Gasteiger partial charge in [-0.05, 0) is 37.0 Å². The summed E-state index contributed by atoms with van der Waals surface area (Å²) in [6.45, 7) is 3.64. The summed E-state index contributed by atoms with van der Waals surface area (Å²) in [5, 5.41) is 7.72. The molecule has 4 heteroatoms. The van der Waals surface area contributed by atoms with Crippen molar-refractivity contribution in [3.63, 3.8) is 0 Å². The standard InChI is InChI=1S/C22H25N3O/c1-15-5-4-6-16(13-15)19(21-22(26)24-12-11-23-21)10-9-17-14-25-20-8-3-2-7-18(17)20/h2-8,13-14,19,21,23,25H,9-12H2,1H3,(H,24,26)/t19?,21-/m0/s1. The van der Waals surface area contributed by atoms with E-state index in [4.69, 9.17) is 0 Å². The molecule has 26 heavy (non-hydrogen) atoms. The first-order chi connectivity index (χ1) is 12.7. The average Bonchev–Trinajstić information content (AvgIpc) is 3.07. The number of H-pyrrole nitrogens is 1. The van der Waals surface area contributed by atoms with E-state index in [2.05, 4.69) is 77.3 Å². The fourth-order valence-corrected chi connectivity index (χ4v) is 4.02. The molecule has 1 aromatic heterocycles. The molecule has 2 atom stereocenters. The fourth-order valence-electron chi connectivity index (χ4n) is 4.02. The van der Waals surface area contributed by atoms with E-state index in [-0.39, 0.29) is 17.9 Å². The fraction of sp³-hybridized carbons (Fsp3) is 0.318. The zero-order chi connectivity index (χ0) is 17.9. The van der Waals surface area contributed by atoms with Crippen molar-refractivity contribution >= 4 is 16.8 Å². The van der Waals surface area contributed by atoms with Crippen molar-refractivity contribution in [2.75, 3.05) is 13.1 Å². The van der Waals surface area contributed by atoms with Gasteiger partial charge in [0.1, 0.15) is 0 Å². The van der Waals surface area contributed by atoms with Crippen LogP contribution >= 0.6 is 0 Å². The predicted molar refractivity (Wildman–Crippen MR) is 105 cm³/mol. The second kappa shape index (κ2) is 7.34. The van der Waals surface area contributed by atoms with Crippen LogP contribution in [0.5, 0.6) is 0 Å². The smallest absolute Gasteiger partial charge is 0.237 e. The van der Waals surface area contributed by atoms with Crippen molar-refractivity contribution in [3.05, 3.63) is 71.4 Å². The van der Waals surface area contributed by atoms with Crippen molar-refractivity contribution < 1.29 is 4.79 Å². The van der Waals surface area contributed by atoms with Crippen LogP contribution in [0.4, 0.5) is 0 Å². The number of amides is 1. The van der Waals surface area contributed by atoms with Gasteiger partial charge in [0, 0.05) is 36.1 Å². The van der Waals surface area contributed by atoms with Crippen LogP contribution in [-0.4, -0.2) is 30.0 Å². The largest absolute Gasteiger partial charge is 0.361 e. The Kier molecular flexibility index (Phi) is 4.76. The lowest BCUT2D eigenvalue weighted by Crippen LogP contribution is -2.55. The molecule has 4 rings (SSSR count). The molecule has 0 spiro atoms. The number of carbonyl (C=O) groups is 1. The van der Waals surface area contributed by atoms with Crippen LogP contribution in [0.1, 0.15) is 29.0 Å². The van der Waals surface area contributed by atoms with Crippen LogP contribution in [0.3, 0.4) is 0 Å². The number of aryl methyl sites for hydroxylation is 2. The summed E-state index contributed by atoms with van der Waals surface area (Å²) in [6, 6.07) is 16.8. The minimum absolute atomic E-state index is 0.113. The summed E-state index contributed by atoms with van der Waals surface area (Å²) in [5.74, 6) is 0.269. The van der Waals surface area contributed by atoms with E-state index < -0.39 is 0 Å². The Morgan fingerprint density at radius 2 is 2.00 bits per heavy atom. The Labute approximate surface area is 154 Å². The molecule has 0 saturated carbocycles. The van der Waals surface area contributed by atoms with Crippen molar-refractivity contribution in [2.24, 2.45) is 0 Å². The van der Waals surface area contributed by atoms with Crippen LogP contribution in [0.15, 0.2) is 54.7 Å². The topological polar surface area (TPSA) is 56.9 Å². The number of aromatic amines is 1. The molecule has 1 amide bonds. The minimum atomic E-state index is -0.171. The SMILES string of the molecule is Cc1cccc(C(CCc2c[nH]c3ccccc23)[C@@H]2NCCNC2=O)c1. The second-order valence-electron chi connectivity index (χ2n) is 7.14. The van der Waals surface area contributed by atoms with Crippen molar-refractivity contribution in [3.8, 4) is 0 Å².